The number of carbonyl (C=O) groups excluding carboxylic acids is 1. The molecule has 2 heterocycles. The number of allylic oxidation sites excluding steroid dienone is 2. The van der Waals surface area contributed by atoms with Gasteiger partial charge in [-0.2, -0.15) is 0 Å². The van der Waals surface area contributed by atoms with Gasteiger partial charge in [0.05, 0.1) is 11.7 Å². The van der Waals surface area contributed by atoms with Crippen molar-refractivity contribution in [3.8, 4) is 0 Å². The van der Waals surface area contributed by atoms with E-state index in [-0.39, 0.29) is 11.9 Å². The lowest BCUT2D eigenvalue weighted by molar-refractivity contribution is 0.0519. The summed E-state index contributed by atoms with van der Waals surface area (Å²) in [4.78, 5) is 18.6. The molecule has 1 N–H and O–H groups in total. The number of alkyl carbamates (subject to hydrolysis) is 1. The molecule has 3 aliphatic rings. The van der Waals surface area contributed by atoms with Crippen LogP contribution in [0.25, 0.3) is 0 Å². The van der Waals surface area contributed by atoms with Crippen molar-refractivity contribution in [1.82, 2.24) is 10.2 Å². The number of carbonyl (C=O) groups is 1. The van der Waals surface area contributed by atoms with E-state index in [0.29, 0.717) is 6.42 Å². The zero-order valence-corrected chi connectivity index (χ0v) is 14.6. The maximum atomic E-state index is 13.8. The first-order valence-electron chi connectivity index (χ1n) is 8.38. The summed E-state index contributed by atoms with van der Waals surface area (Å²) < 4.78 is 19.1. The number of hydrogen-bond acceptors (Lipinski definition) is 4. The van der Waals surface area contributed by atoms with Crippen molar-refractivity contribution in [2.45, 2.75) is 58.6 Å². The lowest BCUT2D eigenvalue weighted by atomic mass is 10.1. The van der Waals surface area contributed by atoms with Crippen molar-refractivity contribution in [1.29, 1.82) is 0 Å². The lowest BCUT2D eigenvalue weighted by Gasteiger charge is -2.31. The number of aliphatic imine (C=N–C) groups is 1. The first-order valence-corrected chi connectivity index (χ1v) is 8.38. The molecule has 6 heteroatoms. The summed E-state index contributed by atoms with van der Waals surface area (Å²) in [5, 5.41) is 2.83. The molecule has 1 amide bonds. The fraction of sp³-hybridized carbons (Fsp3) is 0.556. The van der Waals surface area contributed by atoms with Gasteiger partial charge in [0.15, 0.2) is 0 Å². The number of amides is 1. The summed E-state index contributed by atoms with van der Waals surface area (Å²) in [5.41, 5.74) is 2.61. The number of ether oxygens (including phenoxy) is 1. The molecular weight excluding hydrogens is 309 g/mol. The Morgan fingerprint density at radius 1 is 1.38 bits per heavy atom. The average Bonchev–Trinajstić information content (AvgIpc) is 2.79. The number of nitrogens with zero attached hydrogens (tertiary/aromatic N) is 2. The molecule has 1 atom stereocenters. The van der Waals surface area contributed by atoms with Gasteiger partial charge in [-0.1, -0.05) is 0 Å². The van der Waals surface area contributed by atoms with E-state index in [2.05, 4.69) is 15.2 Å². The van der Waals surface area contributed by atoms with Gasteiger partial charge < -0.3 is 15.0 Å². The molecule has 1 aliphatic carbocycles. The molecule has 5 nitrogen and oxygen atoms in total. The molecule has 130 valence electrons. The minimum absolute atomic E-state index is 0.103. The summed E-state index contributed by atoms with van der Waals surface area (Å²) in [5.74, 6) is 0.666. The summed E-state index contributed by atoms with van der Waals surface area (Å²) in [7, 11) is 0. The summed E-state index contributed by atoms with van der Waals surface area (Å²) >= 11 is 0. The van der Waals surface area contributed by atoms with Crippen molar-refractivity contribution < 1.29 is 13.9 Å². The molecule has 0 saturated carbocycles. The minimum atomic E-state index is -0.543. The third kappa shape index (κ3) is 3.37. The molecule has 0 unspecified atom stereocenters. The van der Waals surface area contributed by atoms with Crippen LogP contribution in [-0.4, -0.2) is 35.0 Å². The van der Waals surface area contributed by atoms with Crippen LogP contribution in [0.1, 0.15) is 47.0 Å². The largest absolute Gasteiger partial charge is 0.444 e. The summed E-state index contributed by atoms with van der Waals surface area (Å²) in [6, 6.07) is -0.290. The van der Waals surface area contributed by atoms with Gasteiger partial charge in [0.25, 0.3) is 0 Å². The van der Waals surface area contributed by atoms with Crippen molar-refractivity contribution in [3.05, 3.63) is 34.9 Å². The zero-order chi connectivity index (χ0) is 17.5. The third-order valence-corrected chi connectivity index (χ3v) is 4.23. The predicted molar refractivity (Wildman–Crippen MR) is 91.1 cm³/mol. The monoisotopic (exact) mass is 333 g/mol. The Hall–Kier alpha value is -2.11. The first kappa shape index (κ1) is 16.7. The Balaban J connectivity index is 1.80. The topological polar surface area (TPSA) is 53.9 Å². The molecule has 0 aromatic rings. The minimum Gasteiger partial charge on any atom is -0.444 e. The van der Waals surface area contributed by atoms with E-state index in [1.807, 2.05) is 27.7 Å². The second kappa shape index (κ2) is 6.07. The highest BCUT2D eigenvalue weighted by Crippen LogP contribution is 2.38. The highest BCUT2D eigenvalue weighted by atomic mass is 19.1. The Morgan fingerprint density at radius 2 is 2.12 bits per heavy atom. The van der Waals surface area contributed by atoms with E-state index < -0.39 is 11.7 Å². The fourth-order valence-electron chi connectivity index (χ4n) is 3.28. The molecule has 0 spiro atoms. The molecule has 0 fully saturated rings. The average molecular weight is 333 g/mol. The van der Waals surface area contributed by atoms with Crippen molar-refractivity contribution in [3.63, 3.8) is 0 Å². The molecule has 0 saturated heterocycles. The number of halogens is 1. The summed E-state index contributed by atoms with van der Waals surface area (Å²) in [6.45, 7) is 8.18. The summed E-state index contributed by atoms with van der Waals surface area (Å²) in [6.07, 6.45) is 4.91. The zero-order valence-electron chi connectivity index (χ0n) is 14.6. The number of nitrogens with one attached hydrogen (secondary N) is 1. The molecule has 0 radical (unpaired) electrons. The molecule has 2 aliphatic heterocycles. The van der Waals surface area contributed by atoms with E-state index in [9.17, 15) is 9.18 Å². The van der Waals surface area contributed by atoms with Crippen LogP contribution in [-0.2, 0) is 4.74 Å². The van der Waals surface area contributed by atoms with Crippen molar-refractivity contribution >= 4 is 11.9 Å². The van der Waals surface area contributed by atoms with Crippen LogP contribution >= 0.6 is 0 Å². The van der Waals surface area contributed by atoms with Crippen LogP contribution in [0.5, 0.6) is 0 Å². The van der Waals surface area contributed by atoms with Crippen LogP contribution in [0, 0.1) is 0 Å². The molecule has 0 aromatic heterocycles. The quantitative estimate of drug-likeness (QED) is 0.836. The fourth-order valence-corrected chi connectivity index (χ4v) is 3.28. The molecule has 0 aromatic carbocycles. The third-order valence-electron chi connectivity index (χ3n) is 4.23. The Kier molecular flexibility index (Phi) is 4.24. The van der Waals surface area contributed by atoms with Gasteiger partial charge in [0, 0.05) is 24.7 Å². The van der Waals surface area contributed by atoms with Crippen molar-refractivity contribution in [2.24, 2.45) is 4.99 Å². The standard InChI is InChI=1S/C18H24FN3O2/c1-11(21-17(23)24-18(2,3)4)16-20-10-13-9-14(19)6-5-12-7-8-22(16)15(12)13/h9-11H,5-8H2,1-4H3,(H,21,23)/t11-/m0/s1. The van der Waals surface area contributed by atoms with Gasteiger partial charge in [-0.25, -0.2) is 14.2 Å². The number of hydrogen-bond donors (Lipinski definition) is 1. The molecular formula is C18H24FN3O2. The van der Waals surface area contributed by atoms with Crippen LogP contribution in [0.15, 0.2) is 39.9 Å². The SMILES string of the molecule is C[C@H](NC(=O)OC(C)(C)C)C1=NC=C2C=C(F)CCC3=C2N1CC3. The van der Waals surface area contributed by atoms with E-state index in [1.54, 1.807) is 12.3 Å². The van der Waals surface area contributed by atoms with Crippen LogP contribution in [0.2, 0.25) is 0 Å². The Labute approximate surface area is 142 Å². The highest BCUT2D eigenvalue weighted by Gasteiger charge is 2.34. The van der Waals surface area contributed by atoms with Crippen LogP contribution in [0.4, 0.5) is 9.18 Å². The van der Waals surface area contributed by atoms with Gasteiger partial charge in [0.2, 0.25) is 0 Å². The van der Waals surface area contributed by atoms with E-state index in [0.717, 1.165) is 36.5 Å². The lowest BCUT2D eigenvalue weighted by Crippen LogP contribution is -2.48. The maximum Gasteiger partial charge on any atom is 0.408 e. The number of rotatable bonds is 2. The van der Waals surface area contributed by atoms with E-state index in [1.165, 1.54) is 5.57 Å². The highest BCUT2D eigenvalue weighted by molar-refractivity contribution is 5.94. The van der Waals surface area contributed by atoms with Crippen LogP contribution in [0.3, 0.4) is 0 Å². The van der Waals surface area contributed by atoms with Gasteiger partial charge >= 0.3 is 6.09 Å². The first-order chi connectivity index (χ1) is 11.2. The predicted octanol–water partition coefficient (Wildman–Crippen LogP) is 3.80. The van der Waals surface area contributed by atoms with Gasteiger partial charge in [0.1, 0.15) is 17.3 Å². The number of amidine groups is 1. The second-order valence-corrected chi connectivity index (χ2v) is 7.38. The van der Waals surface area contributed by atoms with Crippen molar-refractivity contribution in [2.75, 3.05) is 6.54 Å². The molecule has 0 bridgehead atoms. The molecule has 3 rings (SSSR count). The van der Waals surface area contributed by atoms with E-state index in [4.69, 9.17) is 4.74 Å². The Bertz CT molecular complexity index is 683. The second-order valence-electron chi connectivity index (χ2n) is 7.38. The normalized spacial score (nSPS) is 21.4. The smallest absolute Gasteiger partial charge is 0.408 e. The van der Waals surface area contributed by atoms with Gasteiger partial charge in [-0.3, -0.25) is 0 Å². The maximum absolute atomic E-state index is 13.8. The van der Waals surface area contributed by atoms with Gasteiger partial charge in [-0.15, -0.1) is 0 Å². The van der Waals surface area contributed by atoms with Crippen LogP contribution < -0.4 is 5.32 Å². The van der Waals surface area contributed by atoms with E-state index >= 15 is 0 Å². The Morgan fingerprint density at radius 3 is 2.83 bits per heavy atom. The molecule has 24 heavy (non-hydrogen) atoms. The van der Waals surface area contributed by atoms with Gasteiger partial charge in [-0.05, 0) is 52.2 Å².